The molecule has 0 saturated carbocycles. The number of benzene rings is 2. The second-order valence-corrected chi connectivity index (χ2v) is 8.28. The quantitative estimate of drug-likeness (QED) is 0.363. The number of aliphatic hydroxyl groups excluding tert-OH is 4. The fraction of sp³-hybridized carbons (Fsp3) is 0.455. The molecule has 33 heavy (non-hydrogen) atoms. The maximum Gasteiger partial charge on any atom is 0.232 e. The first kappa shape index (κ1) is 20.8. The van der Waals surface area contributed by atoms with Crippen LogP contribution < -0.4 is 23.8 Å². The minimum atomic E-state index is -1.58. The fourth-order valence-corrected chi connectivity index (χ4v) is 4.53. The van der Waals surface area contributed by atoms with Crippen LogP contribution in [0.2, 0.25) is 0 Å². The highest BCUT2D eigenvalue weighted by atomic mass is 17.2. The molecule has 2 aromatic carbocycles. The zero-order valence-corrected chi connectivity index (χ0v) is 17.2. The summed E-state index contributed by atoms with van der Waals surface area (Å²) >= 11 is 0. The van der Waals surface area contributed by atoms with E-state index in [1.165, 1.54) is 0 Å². The van der Waals surface area contributed by atoms with Crippen LogP contribution in [0.4, 0.5) is 0 Å². The van der Waals surface area contributed by atoms with Crippen LogP contribution in [0.5, 0.6) is 28.7 Å². The van der Waals surface area contributed by atoms with Gasteiger partial charge in [0.1, 0.15) is 42.0 Å². The average molecular weight is 462 g/mol. The lowest BCUT2D eigenvalue weighted by molar-refractivity contribution is -0.386. The predicted octanol–water partition coefficient (Wildman–Crippen LogP) is 0.135. The van der Waals surface area contributed by atoms with Crippen molar-refractivity contribution in [2.45, 2.75) is 42.7 Å². The SMILES string of the molecule is OCC1OC(OOc2ccc3c(c2)C2Oc4cc5c(cc4C2CO3)OCO5)C(O)C(O)C1O. The largest absolute Gasteiger partial charge is 0.492 e. The number of hydrogen-bond acceptors (Lipinski definition) is 11. The highest BCUT2D eigenvalue weighted by Gasteiger charge is 2.45. The summed E-state index contributed by atoms with van der Waals surface area (Å²) in [5.41, 5.74) is 1.72. The summed E-state index contributed by atoms with van der Waals surface area (Å²) in [5, 5.41) is 39.2. The molecule has 176 valence electrons. The molecule has 1 saturated heterocycles. The van der Waals surface area contributed by atoms with Gasteiger partial charge in [-0.25, -0.2) is 0 Å². The molecule has 4 N–H and O–H groups in total. The molecule has 0 bridgehead atoms. The Balaban J connectivity index is 1.20. The van der Waals surface area contributed by atoms with E-state index in [-0.39, 0.29) is 24.6 Å². The lowest BCUT2D eigenvalue weighted by atomic mass is 9.89. The molecule has 4 heterocycles. The summed E-state index contributed by atoms with van der Waals surface area (Å²) in [6.07, 6.45) is -7.47. The molecule has 11 nitrogen and oxygen atoms in total. The van der Waals surface area contributed by atoms with Gasteiger partial charge in [0, 0.05) is 17.2 Å². The molecule has 7 atom stereocenters. The predicted molar refractivity (Wildman–Crippen MR) is 106 cm³/mol. The molecule has 6 rings (SSSR count). The van der Waals surface area contributed by atoms with E-state index < -0.39 is 37.3 Å². The van der Waals surface area contributed by atoms with Crippen LogP contribution in [0, 0.1) is 0 Å². The highest BCUT2D eigenvalue weighted by Crippen LogP contribution is 2.54. The van der Waals surface area contributed by atoms with Gasteiger partial charge in [0.15, 0.2) is 17.2 Å². The summed E-state index contributed by atoms with van der Waals surface area (Å²) in [4.78, 5) is 10.5. The van der Waals surface area contributed by atoms with E-state index in [2.05, 4.69) is 0 Å². The smallest absolute Gasteiger partial charge is 0.232 e. The van der Waals surface area contributed by atoms with Gasteiger partial charge in [-0.3, -0.25) is 0 Å². The lowest BCUT2D eigenvalue weighted by Gasteiger charge is -2.38. The normalized spacial score (nSPS) is 33.4. The van der Waals surface area contributed by atoms with E-state index in [1.54, 1.807) is 18.2 Å². The third kappa shape index (κ3) is 3.36. The second-order valence-electron chi connectivity index (χ2n) is 8.28. The van der Waals surface area contributed by atoms with E-state index in [1.807, 2.05) is 12.1 Å². The van der Waals surface area contributed by atoms with Gasteiger partial charge in [0.25, 0.3) is 0 Å². The number of fused-ring (bicyclic) bond motifs is 6. The van der Waals surface area contributed by atoms with Crippen molar-refractivity contribution in [1.82, 2.24) is 0 Å². The molecule has 2 aromatic rings. The van der Waals surface area contributed by atoms with Gasteiger partial charge >= 0.3 is 0 Å². The molecular weight excluding hydrogens is 440 g/mol. The Morgan fingerprint density at radius 2 is 1.67 bits per heavy atom. The molecule has 4 aliphatic rings. The Morgan fingerprint density at radius 1 is 0.848 bits per heavy atom. The van der Waals surface area contributed by atoms with Crippen LogP contribution in [0.25, 0.3) is 0 Å². The Kier molecular flexibility index (Phi) is 4.98. The van der Waals surface area contributed by atoms with Gasteiger partial charge < -0.3 is 49.0 Å². The summed E-state index contributed by atoms with van der Waals surface area (Å²) in [6, 6.07) is 8.76. The molecule has 0 amide bonds. The molecule has 7 unspecified atom stereocenters. The van der Waals surface area contributed by atoms with Gasteiger partial charge in [0.05, 0.1) is 19.1 Å². The molecule has 0 radical (unpaired) electrons. The first-order valence-electron chi connectivity index (χ1n) is 10.5. The van der Waals surface area contributed by atoms with Gasteiger partial charge in [-0.1, -0.05) is 0 Å². The van der Waals surface area contributed by atoms with E-state index in [0.29, 0.717) is 29.6 Å². The van der Waals surface area contributed by atoms with Gasteiger partial charge in [-0.05, 0) is 24.3 Å². The van der Waals surface area contributed by atoms with Crippen LogP contribution in [0.3, 0.4) is 0 Å². The van der Waals surface area contributed by atoms with E-state index in [4.69, 9.17) is 33.5 Å². The molecular formula is C22H22O11. The molecule has 1 fully saturated rings. The zero-order valence-electron chi connectivity index (χ0n) is 17.2. The third-order valence-corrected chi connectivity index (χ3v) is 6.32. The van der Waals surface area contributed by atoms with Crippen LogP contribution in [0.1, 0.15) is 23.1 Å². The first-order valence-corrected chi connectivity index (χ1v) is 10.5. The Bertz CT molecular complexity index is 1060. The van der Waals surface area contributed by atoms with Crippen molar-refractivity contribution in [3.8, 4) is 28.7 Å². The fourth-order valence-electron chi connectivity index (χ4n) is 4.53. The molecule has 0 aromatic heterocycles. The Hall–Kier alpha value is -2.80. The average Bonchev–Trinajstić information content (AvgIpc) is 3.44. The number of hydrogen-bond donors (Lipinski definition) is 4. The van der Waals surface area contributed by atoms with Gasteiger partial charge in [0.2, 0.25) is 13.1 Å². The van der Waals surface area contributed by atoms with Crippen LogP contribution in [-0.2, 0) is 9.62 Å². The van der Waals surface area contributed by atoms with Crippen molar-refractivity contribution < 1.29 is 53.9 Å². The topological polar surface area (TPSA) is 146 Å². The van der Waals surface area contributed by atoms with Crippen molar-refractivity contribution in [3.63, 3.8) is 0 Å². The molecule has 11 heteroatoms. The van der Waals surface area contributed by atoms with Crippen molar-refractivity contribution >= 4 is 0 Å². The maximum absolute atomic E-state index is 10.1. The molecule has 0 aliphatic carbocycles. The van der Waals surface area contributed by atoms with E-state index >= 15 is 0 Å². The number of rotatable bonds is 4. The monoisotopic (exact) mass is 462 g/mol. The van der Waals surface area contributed by atoms with E-state index in [0.717, 1.165) is 11.1 Å². The molecule has 4 aliphatic heterocycles. The number of aliphatic hydroxyl groups is 4. The van der Waals surface area contributed by atoms with E-state index in [9.17, 15) is 20.4 Å². The van der Waals surface area contributed by atoms with Crippen molar-refractivity contribution in [3.05, 3.63) is 41.5 Å². The number of ether oxygens (including phenoxy) is 5. The maximum atomic E-state index is 10.1. The van der Waals surface area contributed by atoms with Crippen molar-refractivity contribution in [2.24, 2.45) is 0 Å². The zero-order chi connectivity index (χ0) is 22.7. The second kappa shape index (κ2) is 7.90. The molecule has 0 spiro atoms. The summed E-state index contributed by atoms with van der Waals surface area (Å²) in [6.45, 7) is 0.0498. The minimum Gasteiger partial charge on any atom is -0.492 e. The first-order chi connectivity index (χ1) is 16.0. The Labute approximate surface area is 187 Å². The Morgan fingerprint density at radius 3 is 2.48 bits per heavy atom. The minimum absolute atomic E-state index is 0.0522. The van der Waals surface area contributed by atoms with Crippen LogP contribution in [-0.4, -0.2) is 71.1 Å². The van der Waals surface area contributed by atoms with Crippen molar-refractivity contribution in [1.29, 1.82) is 0 Å². The summed E-state index contributed by atoms with van der Waals surface area (Å²) in [5.74, 6) is 2.89. The van der Waals surface area contributed by atoms with Crippen LogP contribution in [0.15, 0.2) is 30.3 Å². The highest BCUT2D eigenvalue weighted by molar-refractivity contribution is 5.57. The summed E-state index contributed by atoms with van der Waals surface area (Å²) < 4.78 is 28.4. The standard InChI is InChI=1S/C22H22O11/c23-6-17-18(24)19(25)20(26)22(31-17)33-32-9-1-2-13-11(3-9)21-12(7-27-13)10-4-15-16(29-8-28-15)5-14(10)30-21/h1-5,12,17-26H,6-8H2. The van der Waals surface area contributed by atoms with Crippen molar-refractivity contribution in [2.75, 3.05) is 20.0 Å². The third-order valence-electron chi connectivity index (χ3n) is 6.32. The lowest BCUT2D eigenvalue weighted by Crippen LogP contribution is -2.59. The van der Waals surface area contributed by atoms with Gasteiger partial charge in [-0.2, -0.15) is 4.89 Å². The van der Waals surface area contributed by atoms with Gasteiger partial charge in [-0.15, -0.1) is 0 Å². The van der Waals surface area contributed by atoms with Crippen LogP contribution >= 0.6 is 0 Å². The summed E-state index contributed by atoms with van der Waals surface area (Å²) in [7, 11) is 0.